The van der Waals surface area contributed by atoms with E-state index in [0.717, 1.165) is 11.1 Å². The van der Waals surface area contributed by atoms with Crippen LogP contribution < -0.4 is 15.2 Å². The summed E-state index contributed by atoms with van der Waals surface area (Å²) in [5.41, 5.74) is 1.45. The van der Waals surface area contributed by atoms with Crippen molar-refractivity contribution in [3.8, 4) is 5.75 Å². The molecule has 0 spiro atoms. The van der Waals surface area contributed by atoms with Gasteiger partial charge >= 0.3 is 0 Å². The van der Waals surface area contributed by atoms with Gasteiger partial charge in [0.2, 0.25) is 11.7 Å². The molecule has 3 aromatic heterocycles. The van der Waals surface area contributed by atoms with Crippen LogP contribution in [0.15, 0.2) is 58.4 Å². The fourth-order valence-electron chi connectivity index (χ4n) is 3.81. The van der Waals surface area contributed by atoms with E-state index in [1.807, 2.05) is 18.2 Å². The van der Waals surface area contributed by atoms with Crippen molar-refractivity contribution in [3.05, 3.63) is 92.7 Å². The maximum absolute atomic E-state index is 13.2. The highest BCUT2D eigenvalue weighted by Crippen LogP contribution is 2.34. The zero-order chi connectivity index (χ0) is 25.1. The number of aryl methyl sites for hydroxylation is 1. The molecule has 35 heavy (non-hydrogen) atoms. The van der Waals surface area contributed by atoms with Crippen LogP contribution >= 0.6 is 11.6 Å². The van der Waals surface area contributed by atoms with Crippen molar-refractivity contribution in [3.63, 3.8) is 0 Å². The van der Waals surface area contributed by atoms with Gasteiger partial charge in [0.1, 0.15) is 12.1 Å². The van der Waals surface area contributed by atoms with Crippen LogP contribution in [0.1, 0.15) is 39.0 Å². The first-order valence-corrected chi connectivity index (χ1v) is 11.0. The topological polar surface area (TPSA) is 116 Å². The Morgan fingerprint density at radius 3 is 2.57 bits per heavy atom. The van der Waals surface area contributed by atoms with E-state index >= 15 is 0 Å². The SMILES string of the molecule is COc1c(C(=O)Cc2cnoc2)nc(N(C)C(c2cnc(C)nc2)c2ccccc2Cl)n(C)c1=O. The number of ether oxygens (including phenoxy) is 1. The van der Waals surface area contributed by atoms with Crippen molar-refractivity contribution in [1.29, 1.82) is 0 Å². The lowest BCUT2D eigenvalue weighted by Crippen LogP contribution is -2.34. The zero-order valence-corrected chi connectivity index (χ0v) is 20.4. The van der Waals surface area contributed by atoms with Crippen molar-refractivity contribution < 1.29 is 14.1 Å². The fraction of sp³-hybridized carbons (Fsp3) is 0.250. The van der Waals surface area contributed by atoms with E-state index in [1.54, 1.807) is 44.4 Å². The Morgan fingerprint density at radius 1 is 1.23 bits per heavy atom. The lowest BCUT2D eigenvalue weighted by atomic mass is 10.00. The highest BCUT2D eigenvalue weighted by atomic mass is 35.5. The Morgan fingerprint density at radius 2 is 1.94 bits per heavy atom. The van der Waals surface area contributed by atoms with E-state index in [-0.39, 0.29) is 23.8 Å². The Bertz CT molecular complexity index is 1400. The number of methoxy groups -OCH3 is 1. The van der Waals surface area contributed by atoms with Gasteiger partial charge in [0, 0.05) is 49.1 Å². The smallest absolute Gasteiger partial charge is 0.297 e. The molecule has 4 aromatic rings. The molecule has 10 nitrogen and oxygen atoms in total. The van der Waals surface area contributed by atoms with E-state index in [9.17, 15) is 9.59 Å². The summed E-state index contributed by atoms with van der Waals surface area (Å²) in [7, 11) is 4.65. The Labute approximate surface area is 206 Å². The molecule has 0 bridgehead atoms. The van der Waals surface area contributed by atoms with Gasteiger partial charge < -0.3 is 14.2 Å². The van der Waals surface area contributed by atoms with E-state index in [2.05, 4.69) is 20.1 Å². The molecular weight excluding hydrogens is 472 g/mol. The van der Waals surface area contributed by atoms with Gasteiger partial charge in [-0.15, -0.1) is 0 Å². The van der Waals surface area contributed by atoms with Crippen LogP contribution in [0.5, 0.6) is 5.75 Å². The third-order valence-electron chi connectivity index (χ3n) is 5.56. The zero-order valence-electron chi connectivity index (χ0n) is 19.6. The summed E-state index contributed by atoms with van der Waals surface area (Å²) in [6, 6.07) is 6.85. The molecular formula is C24H23ClN6O4. The maximum atomic E-state index is 13.2. The van der Waals surface area contributed by atoms with Crippen molar-refractivity contribution in [2.24, 2.45) is 7.05 Å². The van der Waals surface area contributed by atoms with E-state index in [4.69, 9.17) is 20.9 Å². The lowest BCUT2D eigenvalue weighted by Gasteiger charge is -2.31. The highest BCUT2D eigenvalue weighted by molar-refractivity contribution is 6.31. The Balaban J connectivity index is 1.86. The van der Waals surface area contributed by atoms with Crippen molar-refractivity contribution in [2.75, 3.05) is 19.1 Å². The molecule has 11 heteroatoms. The second kappa shape index (κ2) is 10.1. The molecule has 1 unspecified atom stereocenters. The number of ketones is 1. The van der Waals surface area contributed by atoms with Crippen molar-refractivity contribution in [2.45, 2.75) is 19.4 Å². The van der Waals surface area contributed by atoms with Gasteiger partial charge in [0.25, 0.3) is 5.56 Å². The normalized spacial score (nSPS) is 11.8. The molecule has 0 fully saturated rings. The highest BCUT2D eigenvalue weighted by Gasteiger charge is 2.29. The molecule has 0 saturated carbocycles. The standard InChI is InChI=1S/C24H23ClN6O4/c1-14-26-11-16(12-27-14)21(17-7-5-6-8-18(17)25)30(2)24-29-20(22(34-4)23(33)31(24)3)19(32)9-15-10-28-35-13-15/h5-8,10-13,21H,9H2,1-4H3. The third kappa shape index (κ3) is 4.78. The van der Waals surface area contributed by atoms with Crippen LogP contribution in [-0.2, 0) is 13.5 Å². The number of benzene rings is 1. The second-order valence-electron chi connectivity index (χ2n) is 7.89. The average Bonchev–Trinajstić information content (AvgIpc) is 3.36. The molecule has 0 radical (unpaired) electrons. The van der Waals surface area contributed by atoms with Gasteiger partial charge in [-0.3, -0.25) is 14.2 Å². The summed E-state index contributed by atoms with van der Waals surface area (Å²) < 4.78 is 11.4. The molecule has 4 rings (SSSR count). The number of halogens is 1. The summed E-state index contributed by atoms with van der Waals surface area (Å²) in [5.74, 6) is 0.297. The minimum atomic E-state index is -0.504. The van der Waals surface area contributed by atoms with Crippen LogP contribution in [-0.4, -0.2) is 44.6 Å². The molecule has 3 heterocycles. The number of anilines is 1. The molecule has 180 valence electrons. The second-order valence-corrected chi connectivity index (χ2v) is 8.30. The van der Waals surface area contributed by atoms with Crippen LogP contribution in [0, 0.1) is 6.92 Å². The summed E-state index contributed by atoms with van der Waals surface area (Å²) in [4.78, 5) is 41.3. The van der Waals surface area contributed by atoms with E-state index in [0.29, 0.717) is 16.4 Å². The van der Waals surface area contributed by atoms with Crippen molar-refractivity contribution in [1.82, 2.24) is 24.7 Å². The molecule has 0 N–H and O–H groups in total. The minimum Gasteiger partial charge on any atom is -0.489 e. The van der Waals surface area contributed by atoms with E-state index < -0.39 is 17.4 Å². The molecule has 0 aliphatic heterocycles. The Hall–Kier alpha value is -4.05. The van der Waals surface area contributed by atoms with Gasteiger partial charge in [0.15, 0.2) is 11.5 Å². The molecule has 0 saturated heterocycles. The first-order valence-electron chi connectivity index (χ1n) is 10.6. The van der Waals surface area contributed by atoms with Gasteiger partial charge in [-0.25, -0.2) is 15.0 Å². The number of carbonyl (C=O) groups is 1. The van der Waals surface area contributed by atoms with Gasteiger partial charge in [0.05, 0.1) is 19.3 Å². The first kappa shape index (κ1) is 24.1. The van der Waals surface area contributed by atoms with Crippen LogP contribution in [0.3, 0.4) is 0 Å². The average molecular weight is 495 g/mol. The molecule has 1 atom stereocenters. The van der Waals surface area contributed by atoms with Crippen LogP contribution in [0.2, 0.25) is 5.02 Å². The molecule has 0 amide bonds. The molecule has 0 aliphatic carbocycles. The molecule has 1 aromatic carbocycles. The number of hydrogen-bond acceptors (Lipinski definition) is 9. The lowest BCUT2D eigenvalue weighted by molar-refractivity contribution is 0.0984. The summed E-state index contributed by atoms with van der Waals surface area (Å²) in [6.45, 7) is 1.79. The Kier molecular flexibility index (Phi) is 6.92. The minimum absolute atomic E-state index is 0.0527. The maximum Gasteiger partial charge on any atom is 0.297 e. The monoisotopic (exact) mass is 494 g/mol. The first-order chi connectivity index (χ1) is 16.8. The van der Waals surface area contributed by atoms with Crippen LogP contribution in [0.4, 0.5) is 5.95 Å². The predicted octanol–water partition coefficient (Wildman–Crippen LogP) is 3.18. The van der Waals surface area contributed by atoms with Crippen molar-refractivity contribution >= 4 is 23.3 Å². The van der Waals surface area contributed by atoms with E-state index in [1.165, 1.54) is 24.1 Å². The molecule has 0 aliphatic rings. The predicted molar refractivity (Wildman–Crippen MR) is 129 cm³/mol. The van der Waals surface area contributed by atoms with Crippen LogP contribution in [0.25, 0.3) is 0 Å². The van der Waals surface area contributed by atoms with Gasteiger partial charge in [-0.05, 0) is 18.6 Å². The summed E-state index contributed by atoms with van der Waals surface area (Å²) in [6.07, 6.45) is 6.15. The van der Waals surface area contributed by atoms with Gasteiger partial charge in [-0.2, -0.15) is 0 Å². The third-order valence-corrected chi connectivity index (χ3v) is 5.91. The number of nitrogens with zero attached hydrogens (tertiary/aromatic N) is 6. The van der Waals surface area contributed by atoms with Gasteiger partial charge in [-0.1, -0.05) is 35.0 Å². The quantitative estimate of drug-likeness (QED) is 0.340. The largest absolute Gasteiger partial charge is 0.489 e. The summed E-state index contributed by atoms with van der Waals surface area (Å²) >= 11 is 6.57. The number of carbonyl (C=O) groups excluding carboxylic acids is 1. The number of aromatic nitrogens is 5. The number of Topliss-reactive ketones (excluding diaryl/α,β-unsaturated/α-hetero) is 1. The number of hydrogen-bond donors (Lipinski definition) is 0. The fourth-order valence-corrected chi connectivity index (χ4v) is 4.05. The number of rotatable bonds is 8. The summed E-state index contributed by atoms with van der Waals surface area (Å²) in [5, 5.41) is 4.14.